The van der Waals surface area contributed by atoms with Crippen LogP contribution >= 0.6 is 0 Å². The molecule has 0 aromatic carbocycles. The van der Waals surface area contributed by atoms with E-state index in [1.165, 1.54) is 0 Å². The molecule has 0 bridgehead atoms. The maximum Gasteiger partial charge on any atom is 0.239 e. The SMILES string of the molecule is CCCNCCc1cn(CC(=O)NC)cn1. The van der Waals surface area contributed by atoms with Gasteiger partial charge in [-0.3, -0.25) is 4.79 Å². The van der Waals surface area contributed by atoms with Crippen LogP contribution in [0.3, 0.4) is 0 Å². The second kappa shape index (κ2) is 7.00. The van der Waals surface area contributed by atoms with Crippen LogP contribution in [0.15, 0.2) is 12.5 Å². The van der Waals surface area contributed by atoms with Gasteiger partial charge in [-0.1, -0.05) is 6.92 Å². The average molecular weight is 224 g/mol. The summed E-state index contributed by atoms with van der Waals surface area (Å²) in [6.07, 6.45) is 5.67. The third-order valence-corrected chi connectivity index (χ3v) is 2.28. The molecule has 0 saturated carbocycles. The molecule has 0 aliphatic carbocycles. The zero-order valence-corrected chi connectivity index (χ0v) is 9.99. The smallest absolute Gasteiger partial charge is 0.239 e. The third kappa shape index (κ3) is 4.44. The molecule has 0 fully saturated rings. The van der Waals surface area contributed by atoms with E-state index in [0.29, 0.717) is 6.54 Å². The topological polar surface area (TPSA) is 59.0 Å². The highest BCUT2D eigenvalue weighted by Gasteiger charge is 2.02. The highest BCUT2D eigenvalue weighted by Crippen LogP contribution is 1.96. The Morgan fingerprint density at radius 2 is 2.31 bits per heavy atom. The van der Waals surface area contributed by atoms with Crippen LogP contribution in [-0.4, -0.2) is 35.6 Å². The highest BCUT2D eigenvalue weighted by atomic mass is 16.1. The molecular weight excluding hydrogens is 204 g/mol. The molecule has 16 heavy (non-hydrogen) atoms. The molecule has 1 aromatic rings. The van der Waals surface area contributed by atoms with Crippen molar-refractivity contribution in [3.05, 3.63) is 18.2 Å². The number of carbonyl (C=O) groups is 1. The first-order valence-electron chi connectivity index (χ1n) is 5.68. The van der Waals surface area contributed by atoms with Crippen molar-refractivity contribution in [1.29, 1.82) is 0 Å². The van der Waals surface area contributed by atoms with E-state index in [4.69, 9.17) is 0 Å². The maximum absolute atomic E-state index is 11.1. The summed E-state index contributed by atoms with van der Waals surface area (Å²) in [7, 11) is 1.63. The predicted molar refractivity (Wildman–Crippen MR) is 63.2 cm³/mol. The molecule has 2 N–H and O–H groups in total. The molecule has 1 amide bonds. The summed E-state index contributed by atoms with van der Waals surface area (Å²) in [5.74, 6) is -0.00643. The molecule has 0 aliphatic heterocycles. The quantitative estimate of drug-likeness (QED) is 0.649. The van der Waals surface area contributed by atoms with E-state index in [-0.39, 0.29) is 5.91 Å². The Bertz CT molecular complexity index is 322. The van der Waals surface area contributed by atoms with Gasteiger partial charge in [0, 0.05) is 26.2 Å². The molecular formula is C11H20N4O. The molecule has 0 spiro atoms. The highest BCUT2D eigenvalue weighted by molar-refractivity contribution is 5.75. The van der Waals surface area contributed by atoms with Crippen LogP contribution < -0.4 is 10.6 Å². The Morgan fingerprint density at radius 3 is 3.00 bits per heavy atom. The van der Waals surface area contributed by atoms with Gasteiger partial charge in [-0.25, -0.2) is 4.98 Å². The fourth-order valence-corrected chi connectivity index (χ4v) is 1.39. The summed E-state index contributed by atoms with van der Waals surface area (Å²) in [4.78, 5) is 15.4. The average Bonchev–Trinajstić information content (AvgIpc) is 2.72. The van der Waals surface area contributed by atoms with E-state index in [2.05, 4.69) is 22.5 Å². The zero-order valence-electron chi connectivity index (χ0n) is 9.99. The van der Waals surface area contributed by atoms with Gasteiger partial charge in [0.2, 0.25) is 5.91 Å². The minimum Gasteiger partial charge on any atom is -0.358 e. The van der Waals surface area contributed by atoms with Crippen LogP contribution in [0.1, 0.15) is 19.0 Å². The van der Waals surface area contributed by atoms with Crippen LogP contribution in [0.4, 0.5) is 0 Å². The Hall–Kier alpha value is -1.36. The molecule has 5 nitrogen and oxygen atoms in total. The molecule has 1 rings (SSSR count). The number of hydrogen-bond donors (Lipinski definition) is 2. The first-order chi connectivity index (χ1) is 7.76. The number of nitrogens with zero attached hydrogens (tertiary/aromatic N) is 2. The van der Waals surface area contributed by atoms with Crippen molar-refractivity contribution >= 4 is 5.91 Å². The van der Waals surface area contributed by atoms with E-state index in [0.717, 1.165) is 31.6 Å². The second-order valence-corrected chi connectivity index (χ2v) is 3.71. The number of aromatic nitrogens is 2. The molecule has 90 valence electrons. The molecule has 0 aliphatic rings. The Balaban J connectivity index is 2.30. The van der Waals surface area contributed by atoms with Crippen molar-refractivity contribution in [2.24, 2.45) is 0 Å². The molecule has 0 unspecified atom stereocenters. The molecule has 1 heterocycles. The Kier molecular flexibility index (Phi) is 5.56. The number of carbonyl (C=O) groups excluding carboxylic acids is 1. The van der Waals surface area contributed by atoms with Crippen LogP contribution in [0.2, 0.25) is 0 Å². The van der Waals surface area contributed by atoms with E-state index < -0.39 is 0 Å². The van der Waals surface area contributed by atoms with Gasteiger partial charge in [-0.05, 0) is 13.0 Å². The fourth-order valence-electron chi connectivity index (χ4n) is 1.39. The summed E-state index contributed by atoms with van der Waals surface area (Å²) in [6.45, 7) is 4.46. The van der Waals surface area contributed by atoms with Gasteiger partial charge in [0.1, 0.15) is 6.54 Å². The van der Waals surface area contributed by atoms with E-state index >= 15 is 0 Å². The van der Waals surface area contributed by atoms with Crippen molar-refractivity contribution in [2.45, 2.75) is 26.3 Å². The number of imidazole rings is 1. The van der Waals surface area contributed by atoms with Crippen LogP contribution in [0.25, 0.3) is 0 Å². The molecule has 0 atom stereocenters. The summed E-state index contributed by atoms with van der Waals surface area (Å²) in [5, 5.41) is 5.90. The zero-order chi connectivity index (χ0) is 11.8. The number of rotatable bonds is 7. The van der Waals surface area contributed by atoms with E-state index in [1.54, 1.807) is 17.9 Å². The van der Waals surface area contributed by atoms with Gasteiger partial charge >= 0.3 is 0 Å². The lowest BCUT2D eigenvalue weighted by atomic mass is 10.3. The van der Waals surface area contributed by atoms with E-state index in [9.17, 15) is 4.79 Å². The molecule has 5 heteroatoms. The Morgan fingerprint density at radius 1 is 1.50 bits per heavy atom. The van der Waals surface area contributed by atoms with Crippen molar-refractivity contribution in [1.82, 2.24) is 20.2 Å². The largest absolute Gasteiger partial charge is 0.358 e. The molecule has 1 aromatic heterocycles. The van der Waals surface area contributed by atoms with Crippen molar-refractivity contribution in [2.75, 3.05) is 20.1 Å². The first-order valence-corrected chi connectivity index (χ1v) is 5.68. The van der Waals surface area contributed by atoms with Gasteiger partial charge in [0.15, 0.2) is 0 Å². The predicted octanol–water partition coefficient (Wildman–Crippen LogP) is 0.171. The Labute approximate surface area is 96.3 Å². The number of nitrogens with one attached hydrogen (secondary N) is 2. The van der Waals surface area contributed by atoms with E-state index in [1.807, 2.05) is 6.20 Å². The van der Waals surface area contributed by atoms with Crippen LogP contribution in [0.5, 0.6) is 0 Å². The number of amides is 1. The van der Waals surface area contributed by atoms with Gasteiger partial charge in [0.25, 0.3) is 0 Å². The van der Waals surface area contributed by atoms with Crippen molar-refractivity contribution < 1.29 is 4.79 Å². The minimum atomic E-state index is -0.00643. The summed E-state index contributed by atoms with van der Waals surface area (Å²) < 4.78 is 1.80. The van der Waals surface area contributed by atoms with Crippen LogP contribution in [0, 0.1) is 0 Å². The summed E-state index contributed by atoms with van der Waals surface area (Å²) in [5.41, 5.74) is 1.02. The number of likely N-dealkylation sites (N-methyl/N-ethyl adjacent to an activating group) is 1. The fraction of sp³-hybridized carbons (Fsp3) is 0.636. The van der Waals surface area contributed by atoms with Crippen LogP contribution in [-0.2, 0) is 17.8 Å². The summed E-state index contributed by atoms with van der Waals surface area (Å²) >= 11 is 0. The van der Waals surface area contributed by atoms with Gasteiger partial charge < -0.3 is 15.2 Å². The second-order valence-electron chi connectivity index (χ2n) is 3.71. The van der Waals surface area contributed by atoms with Crippen molar-refractivity contribution in [3.63, 3.8) is 0 Å². The normalized spacial score (nSPS) is 10.4. The monoisotopic (exact) mass is 224 g/mol. The van der Waals surface area contributed by atoms with Gasteiger partial charge in [0.05, 0.1) is 12.0 Å². The maximum atomic E-state index is 11.1. The lowest BCUT2D eigenvalue weighted by Gasteiger charge is -2.00. The minimum absolute atomic E-state index is 0.00643. The number of hydrogen-bond acceptors (Lipinski definition) is 3. The molecule has 0 saturated heterocycles. The first kappa shape index (κ1) is 12.7. The third-order valence-electron chi connectivity index (χ3n) is 2.28. The molecule has 0 radical (unpaired) electrons. The van der Waals surface area contributed by atoms with Gasteiger partial charge in [-0.15, -0.1) is 0 Å². The lowest BCUT2D eigenvalue weighted by Crippen LogP contribution is -2.22. The lowest BCUT2D eigenvalue weighted by molar-refractivity contribution is -0.121. The standard InChI is InChI=1S/C11H20N4O/c1-3-5-13-6-4-10-7-15(9-14-10)8-11(16)12-2/h7,9,13H,3-6,8H2,1-2H3,(H,12,16). The van der Waals surface area contributed by atoms with Gasteiger partial charge in [-0.2, -0.15) is 0 Å². The van der Waals surface area contributed by atoms with Crippen molar-refractivity contribution in [3.8, 4) is 0 Å². The summed E-state index contributed by atoms with van der Waals surface area (Å²) in [6, 6.07) is 0.